The highest BCUT2D eigenvalue weighted by Gasteiger charge is 2.16. The van der Waals surface area contributed by atoms with Crippen LogP contribution < -0.4 is 5.32 Å². The Morgan fingerprint density at radius 2 is 2.07 bits per heavy atom. The lowest BCUT2D eigenvalue weighted by Crippen LogP contribution is -2.27. The number of aromatic nitrogens is 1. The molecule has 4 aromatic rings. The van der Waals surface area contributed by atoms with E-state index in [1.54, 1.807) is 0 Å². The number of carbonyl (C=O) groups is 1. The molecule has 0 saturated heterocycles. The summed E-state index contributed by atoms with van der Waals surface area (Å²) in [5.74, 6) is 0.647. The lowest BCUT2D eigenvalue weighted by atomic mass is 10.2. The Bertz CT molecular complexity index is 1070. The maximum absolute atomic E-state index is 12.4. The van der Waals surface area contributed by atoms with E-state index in [-0.39, 0.29) is 18.4 Å². The van der Waals surface area contributed by atoms with Gasteiger partial charge in [-0.05, 0) is 31.2 Å². The Balaban J connectivity index is 1.42. The van der Waals surface area contributed by atoms with Gasteiger partial charge in [-0.15, -0.1) is 11.3 Å². The summed E-state index contributed by atoms with van der Waals surface area (Å²) < 4.78 is 5.81. The van der Waals surface area contributed by atoms with Crippen molar-refractivity contribution in [3.63, 3.8) is 0 Å². The Morgan fingerprint density at radius 3 is 2.89 bits per heavy atom. The van der Waals surface area contributed by atoms with Crippen LogP contribution in [0.3, 0.4) is 0 Å². The van der Waals surface area contributed by atoms with Crippen molar-refractivity contribution in [2.24, 2.45) is 0 Å². The molecule has 0 bridgehead atoms. The number of halogens is 1. The fourth-order valence-electron chi connectivity index (χ4n) is 2.89. The van der Waals surface area contributed by atoms with E-state index < -0.39 is 0 Å². The molecule has 1 amide bonds. The Morgan fingerprint density at radius 1 is 1.22 bits per heavy atom. The third kappa shape index (κ3) is 4.04. The lowest BCUT2D eigenvalue weighted by molar-refractivity contribution is -0.121. The SMILES string of the molecule is CC(NC(=O)Cc1csc(-c2cccc(Cl)c2)n1)c1cc2ccccc2o1. The number of nitrogens with one attached hydrogen (secondary N) is 1. The predicted octanol–water partition coefficient (Wildman–Crippen LogP) is 5.63. The molecule has 0 fully saturated rings. The number of hydrogen-bond acceptors (Lipinski definition) is 4. The molecule has 0 spiro atoms. The molecule has 0 aliphatic carbocycles. The second-order valence-electron chi connectivity index (χ2n) is 6.31. The van der Waals surface area contributed by atoms with Crippen LogP contribution in [-0.4, -0.2) is 10.9 Å². The van der Waals surface area contributed by atoms with Crippen molar-refractivity contribution >= 4 is 39.8 Å². The van der Waals surface area contributed by atoms with Crippen molar-refractivity contribution in [1.82, 2.24) is 10.3 Å². The summed E-state index contributed by atoms with van der Waals surface area (Å²) in [4.78, 5) is 17.0. The average molecular weight is 397 g/mol. The van der Waals surface area contributed by atoms with Gasteiger partial charge in [0.05, 0.1) is 18.2 Å². The first-order valence-corrected chi connectivity index (χ1v) is 9.82. The molecular weight excluding hydrogens is 380 g/mol. The van der Waals surface area contributed by atoms with Gasteiger partial charge in [-0.25, -0.2) is 4.98 Å². The zero-order valence-electron chi connectivity index (χ0n) is 14.6. The molecule has 2 aromatic carbocycles. The van der Waals surface area contributed by atoms with Crippen molar-refractivity contribution in [3.05, 3.63) is 76.5 Å². The zero-order chi connectivity index (χ0) is 18.8. The Labute approximate surface area is 165 Å². The average Bonchev–Trinajstić information content (AvgIpc) is 3.28. The smallest absolute Gasteiger partial charge is 0.226 e. The first kappa shape index (κ1) is 17.8. The highest BCUT2D eigenvalue weighted by atomic mass is 35.5. The number of benzene rings is 2. The Kier molecular flexibility index (Phi) is 4.97. The number of rotatable bonds is 5. The molecule has 0 aliphatic rings. The second-order valence-corrected chi connectivity index (χ2v) is 7.60. The van der Waals surface area contributed by atoms with Gasteiger partial charge in [0.2, 0.25) is 5.91 Å². The standard InChI is InChI=1S/C21H17ClN2O2S/c1-13(19-10-14-5-2-3-8-18(14)26-19)23-20(25)11-17-12-27-21(24-17)15-6-4-7-16(22)9-15/h2-10,12-13H,11H2,1H3,(H,23,25). The quantitative estimate of drug-likeness (QED) is 0.475. The number of hydrogen-bond donors (Lipinski definition) is 1. The van der Waals surface area contributed by atoms with E-state index in [1.165, 1.54) is 11.3 Å². The second kappa shape index (κ2) is 7.55. The number of fused-ring (bicyclic) bond motifs is 1. The summed E-state index contributed by atoms with van der Waals surface area (Å²) in [5, 5.41) is 7.43. The Hall–Kier alpha value is -2.63. The fraction of sp³-hybridized carbons (Fsp3) is 0.143. The van der Waals surface area contributed by atoms with Gasteiger partial charge in [0.1, 0.15) is 16.4 Å². The van der Waals surface area contributed by atoms with Gasteiger partial charge in [-0.1, -0.05) is 41.9 Å². The van der Waals surface area contributed by atoms with E-state index in [0.29, 0.717) is 5.02 Å². The minimum absolute atomic E-state index is 0.0918. The molecule has 2 aromatic heterocycles. The van der Waals surface area contributed by atoms with Crippen molar-refractivity contribution in [1.29, 1.82) is 0 Å². The van der Waals surface area contributed by atoms with E-state index in [4.69, 9.17) is 16.0 Å². The van der Waals surface area contributed by atoms with Crippen LogP contribution in [0.2, 0.25) is 5.02 Å². The molecule has 1 N–H and O–H groups in total. The molecule has 6 heteroatoms. The number of thiazole rings is 1. The van der Waals surface area contributed by atoms with Crippen molar-refractivity contribution in [3.8, 4) is 10.6 Å². The van der Waals surface area contributed by atoms with Gasteiger partial charge in [0, 0.05) is 21.4 Å². The fourth-order valence-corrected chi connectivity index (χ4v) is 3.89. The van der Waals surface area contributed by atoms with Crippen LogP contribution in [0.1, 0.15) is 24.4 Å². The molecule has 0 aliphatic heterocycles. The number of furan rings is 1. The van der Waals surface area contributed by atoms with Crippen LogP contribution in [0.25, 0.3) is 21.5 Å². The third-order valence-corrected chi connectivity index (χ3v) is 5.39. The highest BCUT2D eigenvalue weighted by molar-refractivity contribution is 7.13. The molecule has 1 unspecified atom stereocenters. The van der Waals surface area contributed by atoms with Crippen LogP contribution in [-0.2, 0) is 11.2 Å². The number of para-hydroxylation sites is 1. The molecule has 1 atom stereocenters. The molecule has 4 rings (SSSR count). The highest BCUT2D eigenvalue weighted by Crippen LogP contribution is 2.27. The van der Waals surface area contributed by atoms with Crippen molar-refractivity contribution in [2.75, 3.05) is 0 Å². The summed E-state index contributed by atoms with van der Waals surface area (Å²) in [5.41, 5.74) is 2.51. The van der Waals surface area contributed by atoms with Crippen LogP contribution in [0.15, 0.2) is 64.4 Å². The zero-order valence-corrected chi connectivity index (χ0v) is 16.2. The van der Waals surface area contributed by atoms with Crippen LogP contribution >= 0.6 is 22.9 Å². The first-order valence-electron chi connectivity index (χ1n) is 8.56. The van der Waals surface area contributed by atoms with Crippen LogP contribution in [0, 0.1) is 0 Å². The summed E-state index contributed by atoms with van der Waals surface area (Å²) in [7, 11) is 0. The van der Waals surface area contributed by atoms with Gasteiger partial charge in [0.15, 0.2) is 0 Å². The van der Waals surface area contributed by atoms with Crippen LogP contribution in [0.4, 0.5) is 0 Å². The van der Waals surface area contributed by atoms with Gasteiger partial charge in [0.25, 0.3) is 0 Å². The first-order chi connectivity index (χ1) is 13.1. The largest absolute Gasteiger partial charge is 0.459 e. The number of carbonyl (C=O) groups excluding carboxylic acids is 1. The summed E-state index contributed by atoms with van der Waals surface area (Å²) in [6.45, 7) is 1.91. The van der Waals surface area contributed by atoms with E-state index >= 15 is 0 Å². The summed E-state index contributed by atoms with van der Waals surface area (Å²) in [6.07, 6.45) is 0.224. The van der Waals surface area contributed by atoms with Crippen LogP contribution in [0.5, 0.6) is 0 Å². The van der Waals surface area contributed by atoms with Gasteiger partial charge >= 0.3 is 0 Å². The lowest BCUT2D eigenvalue weighted by Gasteiger charge is -2.10. The summed E-state index contributed by atoms with van der Waals surface area (Å²) >= 11 is 7.54. The van der Waals surface area contributed by atoms with E-state index in [1.807, 2.05) is 66.9 Å². The van der Waals surface area contributed by atoms with Crippen molar-refractivity contribution in [2.45, 2.75) is 19.4 Å². The normalized spacial score (nSPS) is 12.2. The third-order valence-electron chi connectivity index (χ3n) is 4.21. The monoisotopic (exact) mass is 396 g/mol. The van der Waals surface area contributed by atoms with E-state index in [0.717, 1.165) is 33.0 Å². The predicted molar refractivity (Wildman–Crippen MR) is 109 cm³/mol. The van der Waals surface area contributed by atoms with E-state index in [2.05, 4.69) is 10.3 Å². The molecule has 27 heavy (non-hydrogen) atoms. The molecule has 136 valence electrons. The maximum Gasteiger partial charge on any atom is 0.226 e. The van der Waals surface area contributed by atoms with Gasteiger partial charge in [-0.2, -0.15) is 0 Å². The van der Waals surface area contributed by atoms with Crippen molar-refractivity contribution < 1.29 is 9.21 Å². The number of amides is 1. The molecule has 2 heterocycles. The minimum atomic E-state index is -0.212. The summed E-state index contributed by atoms with van der Waals surface area (Å²) in [6, 6.07) is 17.1. The van der Waals surface area contributed by atoms with E-state index in [9.17, 15) is 4.79 Å². The van der Waals surface area contributed by atoms with Gasteiger partial charge in [-0.3, -0.25) is 4.79 Å². The molecule has 4 nitrogen and oxygen atoms in total. The maximum atomic E-state index is 12.4. The molecule has 0 radical (unpaired) electrons. The molecule has 0 saturated carbocycles. The minimum Gasteiger partial charge on any atom is -0.459 e. The molecular formula is C21H17ClN2O2S. The van der Waals surface area contributed by atoms with Gasteiger partial charge < -0.3 is 9.73 Å². The number of nitrogens with zero attached hydrogens (tertiary/aromatic N) is 1. The topological polar surface area (TPSA) is 55.1 Å².